The van der Waals surface area contributed by atoms with E-state index in [1.165, 1.54) is 0 Å². The van der Waals surface area contributed by atoms with Crippen LogP contribution in [0.15, 0.2) is 18.2 Å². The van der Waals surface area contributed by atoms with Crippen LogP contribution < -0.4 is 21.1 Å². The minimum absolute atomic E-state index is 0. The van der Waals surface area contributed by atoms with Crippen LogP contribution in [0.4, 0.5) is 11.4 Å². The Kier molecular flexibility index (Phi) is 5.16. The molecule has 0 radical (unpaired) electrons. The molecule has 6 nitrogen and oxygen atoms in total. The molecule has 1 saturated carbocycles. The molecule has 3 rings (SSSR count). The molecule has 2 unspecified atom stereocenters. The monoisotopic (exact) mass is 339 g/mol. The molecule has 0 aromatic heterocycles. The van der Waals surface area contributed by atoms with Crippen molar-refractivity contribution in [3.05, 3.63) is 18.2 Å². The first-order valence-electron chi connectivity index (χ1n) is 7.62. The highest BCUT2D eigenvalue weighted by atomic mass is 35.5. The standard InChI is InChI=1S/C16H21N3O3.ClH/c1-16(17)7-3-2-4-11(16)15(21)18-10-5-6-12-13(8-10)22-9-14(20)19-12;/h5-6,8,11H,2-4,7,9,17H2,1H3,(H,18,21)(H,19,20);1H. The van der Waals surface area contributed by atoms with Crippen LogP contribution >= 0.6 is 12.4 Å². The summed E-state index contributed by atoms with van der Waals surface area (Å²) in [5.74, 6) is 0.157. The van der Waals surface area contributed by atoms with Gasteiger partial charge in [0.1, 0.15) is 5.75 Å². The van der Waals surface area contributed by atoms with Crippen molar-refractivity contribution in [1.82, 2.24) is 0 Å². The Morgan fingerprint density at radius 3 is 2.96 bits per heavy atom. The molecule has 0 spiro atoms. The molecule has 0 saturated heterocycles. The molecule has 1 fully saturated rings. The number of ether oxygens (including phenoxy) is 1. The second-order valence-electron chi connectivity index (χ2n) is 6.34. The van der Waals surface area contributed by atoms with Crippen molar-refractivity contribution < 1.29 is 14.3 Å². The molecule has 2 aliphatic rings. The van der Waals surface area contributed by atoms with Gasteiger partial charge in [0, 0.05) is 17.3 Å². The van der Waals surface area contributed by atoms with Gasteiger partial charge in [-0.1, -0.05) is 12.8 Å². The number of halogens is 1. The fourth-order valence-corrected chi connectivity index (χ4v) is 3.17. The fraction of sp³-hybridized carbons (Fsp3) is 0.500. The van der Waals surface area contributed by atoms with E-state index in [4.69, 9.17) is 10.5 Å². The Morgan fingerprint density at radius 2 is 2.22 bits per heavy atom. The normalized spacial score (nSPS) is 26.2. The van der Waals surface area contributed by atoms with Crippen LogP contribution in [0.1, 0.15) is 32.6 Å². The van der Waals surface area contributed by atoms with E-state index in [0.29, 0.717) is 17.1 Å². The lowest BCUT2D eigenvalue weighted by atomic mass is 9.74. The predicted molar refractivity (Wildman–Crippen MR) is 91.0 cm³/mol. The molecule has 126 valence electrons. The maximum atomic E-state index is 12.5. The van der Waals surface area contributed by atoms with Gasteiger partial charge in [0.2, 0.25) is 5.91 Å². The van der Waals surface area contributed by atoms with Gasteiger partial charge in [0.15, 0.2) is 6.61 Å². The number of nitrogens with two attached hydrogens (primary N) is 1. The Morgan fingerprint density at radius 1 is 1.43 bits per heavy atom. The number of nitrogens with one attached hydrogen (secondary N) is 2. The molecule has 4 N–H and O–H groups in total. The van der Waals surface area contributed by atoms with Crippen molar-refractivity contribution in [2.24, 2.45) is 11.7 Å². The summed E-state index contributed by atoms with van der Waals surface area (Å²) >= 11 is 0. The van der Waals surface area contributed by atoms with E-state index in [1.54, 1.807) is 18.2 Å². The number of rotatable bonds is 2. The van der Waals surface area contributed by atoms with Gasteiger partial charge in [0.05, 0.1) is 11.6 Å². The largest absolute Gasteiger partial charge is 0.482 e. The van der Waals surface area contributed by atoms with Gasteiger partial charge in [-0.25, -0.2) is 0 Å². The van der Waals surface area contributed by atoms with Crippen LogP contribution in [0, 0.1) is 5.92 Å². The lowest BCUT2D eigenvalue weighted by molar-refractivity contribution is -0.123. The summed E-state index contributed by atoms with van der Waals surface area (Å²) in [6.07, 6.45) is 3.79. The SMILES string of the molecule is CC1(N)CCCCC1C(=O)Nc1ccc2c(c1)OCC(=O)N2.Cl. The van der Waals surface area contributed by atoms with E-state index >= 15 is 0 Å². The molecule has 1 heterocycles. The number of amides is 2. The first-order chi connectivity index (χ1) is 10.5. The van der Waals surface area contributed by atoms with Crippen LogP contribution in [0.25, 0.3) is 0 Å². The van der Waals surface area contributed by atoms with Crippen LogP contribution in [0.5, 0.6) is 5.75 Å². The Balaban J connectivity index is 0.00000192. The maximum Gasteiger partial charge on any atom is 0.262 e. The van der Waals surface area contributed by atoms with E-state index in [-0.39, 0.29) is 36.7 Å². The summed E-state index contributed by atoms with van der Waals surface area (Å²) in [5, 5.41) is 5.64. The van der Waals surface area contributed by atoms with Crippen LogP contribution in [0.3, 0.4) is 0 Å². The molecular weight excluding hydrogens is 318 g/mol. The van der Waals surface area contributed by atoms with Crippen LogP contribution in [-0.4, -0.2) is 24.0 Å². The molecule has 2 atom stereocenters. The Bertz CT molecular complexity index is 619. The summed E-state index contributed by atoms with van der Waals surface area (Å²) in [5.41, 5.74) is 7.09. The van der Waals surface area contributed by atoms with Crippen molar-refractivity contribution >= 4 is 35.6 Å². The molecule has 0 bridgehead atoms. The molecule has 7 heteroatoms. The van der Waals surface area contributed by atoms with Crippen molar-refractivity contribution in [2.75, 3.05) is 17.2 Å². The highest BCUT2D eigenvalue weighted by molar-refractivity contribution is 5.97. The van der Waals surface area contributed by atoms with Gasteiger partial charge in [-0.2, -0.15) is 0 Å². The number of hydrogen-bond acceptors (Lipinski definition) is 4. The molecule has 23 heavy (non-hydrogen) atoms. The zero-order chi connectivity index (χ0) is 15.7. The third kappa shape index (κ3) is 3.76. The lowest BCUT2D eigenvalue weighted by Gasteiger charge is -2.37. The minimum Gasteiger partial charge on any atom is -0.482 e. The number of benzene rings is 1. The number of anilines is 2. The molecule has 1 aromatic carbocycles. The van der Waals surface area contributed by atoms with E-state index in [0.717, 1.165) is 25.7 Å². The van der Waals surface area contributed by atoms with Crippen molar-refractivity contribution in [1.29, 1.82) is 0 Å². The van der Waals surface area contributed by atoms with Gasteiger partial charge in [-0.15, -0.1) is 12.4 Å². The molecule has 1 aliphatic heterocycles. The van der Waals surface area contributed by atoms with Gasteiger partial charge >= 0.3 is 0 Å². The number of carbonyl (C=O) groups is 2. The number of carbonyl (C=O) groups excluding carboxylic acids is 2. The molecular formula is C16H22ClN3O3. The number of fused-ring (bicyclic) bond motifs is 1. The summed E-state index contributed by atoms with van der Waals surface area (Å²) < 4.78 is 5.36. The second-order valence-corrected chi connectivity index (χ2v) is 6.34. The smallest absolute Gasteiger partial charge is 0.262 e. The minimum atomic E-state index is -0.457. The van der Waals surface area contributed by atoms with E-state index < -0.39 is 5.54 Å². The highest BCUT2D eigenvalue weighted by Gasteiger charge is 2.37. The molecule has 1 aliphatic carbocycles. The van der Waals surface area contributed by atoms with Crippen LogP contribution in [0.2, 0.25) is 0 Å². The topological polar surface area (TPSA) is 93.5 Å². The predicted octanol–water partition coefficient (Wildman–Crippen LogP) is 2.29. The number of hydrogen-bond donors (Lipinski definition) is 3. The zero-order valence-corrected chi connectivity index (χ0v) is 13.9. The Labute approximate surface area is 141 Å². The average Bonchev–Trinajstić information content (AvgIpc) is 2.47. The third-order valence-electron chi connectivity index (χ3n) is 4.45. The second kappa shape index (κ2) is 6.76. The third-order valence-corrected chi connectivity index (χ3v) is 4.45. The van der Waals surface area contributed by atoms with Crippen molar-refractivity contribution in [3.8, 4) is 5.75 Å². The first kappa shape index (κ1) is 17.6. The zero-order valence-electron chi connectivity index (χ0n) is 13.1. The summed E-state index contributed by atoms with van der Waals surface area (Å²) in [6, 6.07) is 5.20. The first-order valence-corrected chi connectivity index (χ1v) is 7.62. The summed E-state index contributed by atoms with van der Waals surface area (Å²) in [6.45, 7) is 1.94. The van der Waals surface area contributed by atoms with Gasteiger partial charge in [0.25, 0.3) is 5.91 Å². The molecule has 2 amide bonds. The van der Waals surface area contributed by atoms with Gasteiger partial charge in [-0.3, -0.25) is 9.59 Å². The average molecular weight is 340 g/mol. The highest BCUT2D eigenvalue weighted by Crippen LogP contribution is 2.34. The van der Waals surface area contributed by atoms with Gasteiger partial charge in [-0.05, 0) is 31.9 Å². The van der Waals surface area contributed by atoms with Gasteiger partial charge < -0.3 is 21.1 Å². The van der Waals surface area contributed by atoms with Crippen molar-refractivity contribution in [2.45, 2.75) is 38.1 Å². The fourth-order valence-electron chi connectivity index (χ4n) is 3.17. The van der Waals surface area contributed by atoms with E-state index in [2.05, 4.69) is 10.6 Å². The summed E-state index contributed by atoms with van der Waals surface area (Å²) in [7, 11) is 0. The lowest BCUT2D eigenvalue weighted by Crippen LogP contribution is -2.51. The van der Waals surface area contributed by atoms with E-state index in [1.807, 2.05) is 6.92 Å². The molecule has 1 aromatic rings. The van der Waals surface area contributed by atoms with Crippen LogP contribution in [-0.2, 0) is 9.59 Å². The summed E-state index contributed by atoms with van der Waals surface area (Å²) in [4.78, 5) is 23.7. The quantitative estimate of drug-likeness (QED) is 0.770. The maximum absolute atomic E-state index is 12.5. The Hall–Kier alpha value is -1.79. The van der Waals surface area contributed by atoms with Crippen molar-refractivity contribution in [3.63, 3.8) is 0 Å². The van der Waals surface area contributed by atoms with E-state index in [9.17, 15) is 9.59 Å².